The Labute approximate surface area is 122 Å². The Morgan fingerprint density at radius 3 is 2.44 bits per heavy atom. The molecule has 0 aliphatic heterocycles. The molecule has 4 N–H and O–H groups in total. The molecule has 1 fully saturated rings. The van der Waals surface area contributed by atoms with Gasteiger partial charge in [-0.2, -0.15) is 0 Å². The van der Waals surface area contributed by atoms with Crippen LogP contribution in [0.4, 0.5) is 5.69 Å². The lowest BCUT2D eigenvalue weighted by Crippen LogP contribution is -2.39. The number of anilines is 1. The maximum atomic E-state index is 12.3. The lowest BCUT2D eigenvalue weighted by Gasteiger charge is -2.17. The first-order chi connectivity index (χ1) is 8.30. The molecule has 1 aliphatic rings. The third-order valence-electron chi connectivity index (χ3n) is 2.81. The van der Waals surface area contributed by atoms with Gasteiger partial charge in [-0.1, -0.05) is 15.9 Å². The maximum Gasteiger partial charge on any atom is 0.244 e. The summed E-state index contributed by atoms with van der Waals surface area (Å²) in [4.78, 5) is 0.00502. The van der Waals surface area contributed by atoms with Gasteiger partial charge >= 0.3 is 0 Å². The lowest BCUT2D eigenvalue weighted by atomic mass is 10.3. The quantitative estimate of drug-likeness (QED) is 0.670. The minimum Gasteiger partial charge on any atom is -0.398 e. The topological polar surface area (TPSA) is 92.4 Å². The van der Waals surface area contributed by atoms with Crippen molar-refractivity contribution in [2.24, 2.45) is 0 Å². The van der Waals surface area contributed by atoms with Crippen molar-refractivity contribution in [2.45, 2.75) is 23.3 Å². The number of benzene rings is 1. The molecule has 0 radical (unpaired) electrons. The molecule has 18 heavy (non-hydrogen) atoms. The standard InChI is InChI=1S/C10H12Br2N2O3S/c11-6-3-7(12)9(8(13)4-6)18(16,17)14-10(5-15)1-2-10/h3-4,14-15H,1-2,5,13H2. The van der Waals surface area contributed by atoms with Gasteiger partial charge in [0.2, 0.25) is 10.0 Å². The Morgan fingerprint density at radius 2 is 2.00 bits per heavy atom. The van der Waals surface area contributed by atoms with Crippen molar-refractivity contribution >= 4 is 47.6 Å². The van der Waals surface area contributed by atoms with Crippen molar-refractivity contribution < 1.29 is 13.5 Å². The molecule has 2 rings (SSSR count). The fraction of sp³-hybridized carbons (Fsp3) is 0.400. The zero-order valence-corrected chi connectivity index (χ0v) is 13.3. The molecular formula is C10H12Br2N2O3S. The van der Waals surface area contributed by atoms with Crippen LogP contribution in [0.15, 0.2) is 26.0 Å². The third-order valence-corrected chi connectivity index (χ3v) is 5.85. The number of hydrogen-bond donors (Lipinski definition) is 3. The fourth-order valence-electron chi connectivity index (χ4n) is 1.64. The summed E-state index contributed by atoms with van der Waals surface area (Å²) in [7, 11) is -3.75. The SMILES string of the molecule is Nc1cc(Br)cc(Br)c1S(=O)(=O)NC1(CO)CC1. The van der Waals surface area contributed by atoms with Gasteiger partial charge in [-0.25, -0.2) is 13.1 Å². The van der Waals surface area contributed by atoms with Crippen LogP contribution in [-0.4, -0.2) is 25.7 Å². The molecule has 0 bridgehead atoms. The number of hydrogen-bond acceptors (Lipinski definition) is 4. The number of nitrogen functional groups attached to an aromatic ring is 1. The molecule has 0 saturated heterocycles. The van der Waals surface area contributed by atoms with Crippen molar-refractivity contribution in [2.75, 3.05) is 12.3 Å². The summed E-state index contributed by atoms with van der Waals surface area (Å²) in [6.45, 7) is -0.208. The van der Waals surface area contributed by atoms with E-state index in [9.17, 15) is 13.5 Å². The number of rotatable bonds is 4. The lowest BCUT2D eigenvalue weighted by molar-refractivity contribution is 0.246. The van der Waals surface area contributed by atoms with Crippen LogP contribution in [0, 0.1) is 0 Å². The van der Waals surface area contributed by atoms with Crippen molar-refractivity contribution in [1.82, 2.24) is 4.72 Å². The second-order valence-electron chi connectivity index (χ2n) is 4.35. The first-order valence-electron chi connectivity index (χ1n) is 5.19. The highest BCUT2D eigenvalue weighted by Gasteiger charge is 2.46. The van der Waals surface area contributed by atoms with Crippen LogP contribution in [0.2, 0.25) is 0 Å². The van der Waals surface area contributed by atoms with Gasteiger partial charge in [0.05, 0.1) is 17.8 Å². The minimum absolute atomic E-state index is 0.00502. The second-order valence-corrected chi connectivity index (χ2v) is 7.74. The summed E-state index contributed by atoms with van der Waals surface area (Å²) < 4.78 is 28.1. The van der Waals surface area contributed by atoms with Gasteiger partial charge in [0, 0.05) is 8.95 Å². The molecule has 5 nitrogen and oxygen atoms in total. The van der Waals surface area contributed by atoms with Crippen molar-refractivity contribution in [3.63, 3.8) is 0 Å². The van der Waals surface area contributed by atoms with Gasteiger partial charge < -0.3 is 10.8 Å². The van der Waals surface area contributed by atoms with E-state index in [-0.39, 0.29) is 17.2 Å². The molecule has 0 atom stereocenters. The van der Waals surface area contributed by atoms with Crippen LogP contribution in [0.3, 0.4) is 0 Å². The molecular weight excluding hydrogens is 388 g/mol. The Morgan fingerprint density at radius 1 is 1.39 bits per heavy atom. The third kappa shape index (κ3) is 2.72. The predicted molar refractivity (Wildman–Crippen MR) is 75.6 cm³/mol. The largest absolute Gasteiger partial charge is 0.398 e. The zero-order valence-electron chi connectivity index (χ0n) is 9.28. The second kappa shape index (κ2) is 4.75. The van der Waals surface area contributed by atoms with Crippen LogP contribution in [0.5, 0.6) is 0 Å². The Balaban J connectivity index is 2.42. The Kier molecular flexibility index (Phi) is 3.76. The fourth-order valence-corrected chi connectivity index (χ4v) is 5.17. The summed E-state index contributed by atoms with van der Waals surface area (Å²) >= 11 is 6.43. The van der Waals surface area contributed by atoms with E-state index in [0.29, 0.717) is 21.8 Å². The average Bonchev–Trinajstić information content (AvgIpc) is 2.95. The molecule has 0 aromatic heterocycles. The van der Waals surface area contributed by atoms with Gasteiger partial charge in [-0.3, -0.25) is 0 Å². The first-order valence-corrected chi connectivity index (χ1v) is 8.26. The molecule has 1 aliphatic carbocycles. The van der Waals surface area contributed by atoms with Crippen molar-refractivity contribution in [3.8, 4) is 0 Å². The van der Waals surface area contributed by atoms with Crippen molar-refractivity contribution in [1.29, 1.82) is 0 Å². The zero-order chi connectivity index (χ0) is 13.6. The number of nitrogens with one attached hydrogen (secondary N) is 1. The molecule has 8 heteroatoms. The first kappa shape index (κ1) is 14.3. The van der Waals surface area contributed by atoms with E-state index < -0.39 is 15.6 Å². The number of halogens is 2. The molecule has 1 saturated carbocycles. The smallest absolute Gasteiger partial charge is 0.244 e. The van der Waals surface area contributed by atoms with E-state index in [0.717, 1.165) is 0 Å². The summed E-state index contributed by atoms with van der Waals surface area (Å²) in [5, 5.41) is 9.17. The molecule has 0 spiro atoms. The van der Waals surface area contributed by atoms with Crippen LogP contribution in [0.1, 0.15) is 12.8 Å². The van der Waals surface area contributed by atoms with Gasteiger partial charge in [-0.15, -0.1) is 0 Å². The van der Waals surface area contributed by atoms with Crippen LogP contribution in [0.25, 0.3) is 0 Å². The number of sulfonamides is 1. The summed E-state index contributed by atoms with van der Waals surface area (Å²) in [6, 6.07) is 3.14. The van der Waals surface area contributed by atoms with Gasteiger partial charge in [0.15, 0.2) is 0 Å². The molecule has 0 heterocycles. The highest BCUT2D eigenvalue weighted by molar-refractivity contribution is 9.11. The summed E-state index contributed by atoms with van der Waals surface area (Å²) in [5.41, 5.74) is 5.19. The number of aliphatic hydroxyl groups is 1. The predicted octanol–water partition coefficient (Wildman–Crippen LogP) is 1.60. The van der Waals surface area contributed by atoms with Crippen LogP contribution < -0.4 is 10.5 Å². The number of nitrogens with two attached hydrogens (primary N) is 1. The van der Waals surface area contributed by atoms with E-state index >= 15 is 0 Å². The maximum absolute atomic E-state index is 12.3. The van der Waals surface area contributed by atoms with E-state index in [2.05, 4.69) is 36.6 Å². The molecule has 0 unspecified atom stereocenters. The van der Waals surface area contributed by atoms with Crippen LogP contribution in [-0.2, 0) is 10.0 Å². The molecule has 1 aromatic carbocycles. The number of aliphatic hydroxyl groups excluding tert-OH is 1. The highest BCUT2D eigenvalue weighted by atomic mass is 79.9. The van der Waals surface area contributed by atoms with E-state index in [1.807, 2.05) is 0 Å². The highest BCUT2D eigenvalue weighted by Crippen LogP contribution is 2.38. The van der Waals surface area contributed by atoms with Gasteiger partial charge in [0.25, 0.3) is 0 Å². The van der Waals surface area contributed by atoms with Gasteiger partial charge in [-0.05, 0) is 40.9 Å². The van der Waals surface area contributed by atoms with E-state index in [1.165, 1.54) is 6.07 Å². The van der Waals surface area contributed by atoms with E-state index in [1.54, 1.807) is 6.07 Å². The Bertz CT molecular complexity index is 562. The van der Waals surface area contributed by atoms with Crippen molar-refractivity contribution in [3.05, 3.63) is 21.1 Å². The summed E-state index contributed by atoms with van der Waals surface area (Å²) in [6.07, 6.45) is 1.27. The van der Waals surface area contributed by atoms with Crippen LogP contribution >= 0.6 is 31.9 Å². The summed E-state index contributed by atoms with van der Waals surface area (Å²) in [5.74, 6) is 0. The normalized spacial score (nSPS) is 17.7. The monoisotopic (exact) mass is 398 g/mol. The van der Waals surface area contributed by atoms with Gasteiger partial charge in [0.1, 0.15) is 4.90 Å². The average molecular weight is 400 g/mol. The Hall–Kier alpha value is -0.150. The van der Waals surface area contributed by atoms with E-state index in [4.69, 9.17) is 5.73 Å². The molecule has 0 amide bonds. The molecule has 1 aromatic rings. The molecule has 100 valence electrons. The minimum atomic E-state index is -3.75.